The zero-order valence-electron chi connectivity index (χ0n) is 19.0. The van der Waals surface area contributed by atoms with Crippen LogP contribution >= 0.6 is 24.0 Å². The molecule has 0 saturated carbocycles. The van der Waals surface area contributed by atoms with Gasteiger partial charge in [0.1, 0.15) is 6.61 Å². The van der Waals surface area contributed by atoms with Gasteiger partial charge in [0.15, 0.2) is 5.96 Å². The Bertz CT molecular complexity index is 974. The zero-order valence-corrected chi connectivity index (χ0v) is 21.4. The predicted octanol–water partition coefficient (Wildman–Crippen LogP) is 4.24. The molecule has 0 aliphatic heterocycles. The van der Waals surface area contributed by atoms with Crippen LogP contribution in [0.15, 0.2) is 59.7 Å². The maximum absolute atomic E-state index is 5.95. The molecule has 3 aromatic rings. The molecule has 172 valence electrons. The van der Waals surface area contributed by atoms with Crippen molar-refractivity contribution in [2.75, 3.05) is 13.1 Å². The Kier molecular flexibility index (Phi) is 11.0. The second-order valence-electron chi connectivity index (χ2n) is 7.37. The topological polar surface area (TPSA) is 76.4 Å². The Balaban J connectivity index is 0.00000363. The molecule has 3 rings (SSSR count). The molecule has 0 bridgehead atoms. The number of rotatable bonds is 10. The van der Waals surface area contributed by atoms with E-state index in [1.165, 1.54) is 5.69 Å². The van der Waals surface area contributed by atoms with Crippen LogP contribution in [0.4, 0.5) is 0 Å². The number of aryl methyl sites for hydroxylation is 3. The van der Waals surface area contributed by atoms with Crippen molar-refractivity contribution in [3.05, 3.63) is 77.2 Å². The maximum atomic E-state index is 5.95. The highest BCUT2D eigenvalue weighted by molar-refractivity contribution is 14.0. The molecule has 0 fully saturated rings. The largest absolute Gasteiger partial charge is 0.473 e. The van der Waals surface area contributed by atoms with E-state index >= 15 is 0 Å². The number of nitrogens with one attached hydrogen (secondary N) is 2. The Morgan fingerprint density at radius 2 is 1.91 bits per heavy atom. The molecule has 0 unspecified atom stereocenters. The fourth-order valence-electron chi connectivity index (χ4n) is 3.24. The van der Waals surface area contributed by atoms with E-state index in [-0.39, 0.29) is 24.0 Å². The third kappa shape index (κ3) is 8.14. The van der Waals surface area contributed by atoms with Gasteiger partial charge in [0.25, 0.3) is 0 Å². The second kappa shape index (κ2) is 13.7. The van der Waals surface area contributed by atoms with Gasteiger partial charge in [0, 0.05) is 37.1 Å². The number of nitrogens with zero attached hydrogens (tertiary/aromatic N) is 4. The van der Waals surface area contributed by atoms with Gasteiger partial charge >= 0.3 is 0 Å². The highest BCUT2D eigenvalue weighted by Crippen LogP contribution is 2.17. The fraction of sp³-hybridized carbons (Fsp3) is 0.375. The number of aromatic nitrogens is 3. The number of benzene rings is 1. The Labute approximate surface area is 207 Å². The van der Waals surface area contributed by atoms with Crippen molar-refractivity contribution in [1.82, 2.24) is 25.4 Å². The molecule has 0 amide bonds. The summed E-state index contributed by atoms with van der Waals surface area (Å²) in [6, 6.07) is 16.1. The van der Waals surface area contributed by atoms with Crippen LogP contribution in [0.3, 0.4) is 0 Å². The first kappa shape index (κ1) is 25.6. The molecule has 7 nitrogen and oxygen atoms in total. The van der Waals surface area contributed by atoms with E-state index in [4.69, 9.17) is 9.73 Å². The van der Waals surface area contributed by atoms with Gasteiger partial charge in [-0.25, -0.2) is 9.98 Å². The van der Waals surface area contributed by atoms with Crippen LogP contribution in [-0.4, -0.2) is 33.8 Å². The number of hydrogen-bond acceptors (Lipinski definition) is 4. The minimum absolute atomic E-state index is 0. The summed E-state index contributed by atoms with van der Waals surface area (Å²) in [5.74, 6) is 1.41. The normalized spacial score (nSPS) is 11.0. The van der Waals surface area contributed by atoms with E-state index in [2.05, 4.69) is 40.6 Å². The average molecular weight is 548 g/mol. The molecule has 0 saturated heterocycles. The van der Waals surface area contributed by atoms with E-state index in [1.807, 2.05) is 54.1 Å². The number of guanidine groups is 1. The minimum atomic E-state index is 0. The number of aliphatic imine (C=N–C) groups is 1. The smallest absolute Gasteiger partial charge is 0.218 e. The molecular weight excluding hydrogens is 515 g/mol. The second-order valence-corrected chi connectivity index (χ2v) is 7.37. The van der Waals surface area contributed by atoms with Crippen molar-refractivity contribution in [3.63, 3.8) is 0 Å². The Morgan fingerprint density at radius 1 is 1.09 bits per heavy atom. The Morgan fingerprint density at radius 3 is 2.62 bits per heavy atom. The third-order valence-electron chi connectivity index (χ3n) is 4.76. The molecule has 0 radical (unpaired) electrons. The summed E-state index contributed by atoms with van der Waals surface area (Å²) in [6.07, 6.45) is 2.71. The fourth-order valence-corrected chi connectivity index (χ4v) is 3.24. The molecule has 0 spiro atoms. The molecule has 0 aliphatic rings. The van der Waals surface area contributed by atoms with E-state index in [1.54, 1.807) is 6.20 Å². The molecule has 2 N–H and O–H groups in total. The lowest BCUT2D eigenvalue weighted by atomic mass is 10.2. The molecule has 2 heterocycles. The zero-order chi connectivity index (χ0) is 21.9. The monoisotopic (exact) mass is 548 g/mol. The SMILES string of the molecule is CCNC(=NCc1cccnc1OCc1ccccc1)NCCCn1nc(C)cc1C.I. The van der Waals surface area contributed by atoms with E-state index in [0.717, 1.165) is 48.8 Å². The standard InChI is InChI=1S/C24H32N6O.HI/c1-4-25-24(27-14-9-15-30-20(3)16-19(2)29-30)28-17-22-12-8-13-26-23(22)31-18-21-10-6-5-7-11-21;/h5-8,10-13,16H,4,9,14-15,17-18H2,1-3H3,(H2,25,27,28);1H. The van der Waals surface area contributed by atoms with Crippen molar-refractivity contribution in [1.29, 1.82) is 0 Å². The quantitative estimate of drug-likeness (QED) is 0.172. The van der Waals surface area contributed by atoms with E-state index in [0.29, 0.717) is 19.0 Å². The summed E-state index contributed by atoms with van der Waals surface area (Å²) < 4.78 is 7.99. The number of hydrogen-bond donors (Lipinski definition) is 2. The van der Waals surface area contributed by atoms with Gasteiger partial charge in [0.2, 0.25) is 5.88 Å². The number of ether oxygens (including phenoxy) is 1. The maximum Gasteiger partial charge on any atom is 0.218 e. The van der Waals surface area contributed by atoms with Gasteiger partial charge in [-0.1, -0.05) is 36.4 Å². The molecule has 1 aromatic carbocycles. The van der Waals surface area contributed by atoms with Crippen LogP contribution in [0.5, 0.6) is 5.88 Å². The summed E-state index contributed by atoms with van der Waals surface area (Å²) >= 11 is 0. The molecule has 32 heavy (non-hydrogen) atoms. The highest BCUT2D eigenvalue weighted by atomic mass is 127. The molecule has 2 aromatic heterocycles. The van der Waals surface area contributed by atoms with E-state index in [9.17, 15) is 0 Å². The minimum Gasteiger partial charge on any atom is -0.473 e. The summed E-state index contributed by atoms with van der Waals surface area (Å²) in [5, 5.41) is 11.2. The first-order valence-corrected chi connectivity index (χ1v) is 10.8. The van der Waals surface area contributed by atoms with Crippen LogP contribution in [-0.2, 0) is 19.7 Å². The van der Waals surface area contributed by atoms with Crippen molar-refractivity contribution < 1.29 is 4.74 Å². The lowest BCUT2D eigenvalue weighted by molar-refractivity contribution is 0.290. The highest BCUT2D eigenvalue weighted by Gasteiger charge is 2.06. The summed E-state index contributed by atoms with van der Waals surface area (Å²) in [4.78, 5) is 9.11. The summed E-state index contributed by atoms with van der Waals surface area (Å²) in [6.45, 7) is 9.64. The van der Waals surface area contributed by atoms with Crippen LogP contribution in [0.1, 0.15) is 35.9 Å². The van der Waals surface area contributed by atoms with Gasteiger partial charge in [-0.15, -0.1) is 24.0 Å². The van der Waals surface area contributed by atoms with Gasteiger partial charge in [-0.3, -0.25) is 4.68 Å². The first-order chi connectivity index (χ1) is 15.2. The van der Waals surface area contributed by atoms with Crippen LogP contribution < -0.4 is 15.4 Å². The van der Waals surface area contributed by atoms with Crippen molar-refractivity contribution in [2.24, 2.45) is 4.99 Å². The van der Waals surface area contributed by atoms with Crippen molar-refractivity contribution >= 4 is 29.9 Å². The molecular formula is C24H33IN6O. The summed E-state index contributed by atoms with van der Waals surface area (Å²) in [7, 11) is 0. The molecule has 0 aliphatic carbocycles. The van der Waals surface area contributed by atoms with Crippen LogP contribution in [0.2, 0.25) is 0 Å². The molecule has 0 atom stereocenters. The van der Waals surface area contributed by atoms with Crippen molar-refractivity contribution in [3.8, 4) is 5.88 Å². The predicted molar refractivity (Wildman–Crippen MR) is 140 cm³/mol. The van der Waals surface area contributed by atoms with Crippen molar-refractivity contribution in [2.45, 2.75) is 46.9 Å². The van der Waals surface area contributed by atoms with E-state index < -0.39 is 0 Å². The number of halogens is 1. The lowest BCUT2D eigenvalue weighted by Crippen LogP contribution is -2.38. The average Bonchev–Trinajstić information content (AvgIpc) is 3.11. The Hall–Kier alpha value is -2.62. The first-order valence-electron chi connectivity index (χ1n) is 10.8. The molecule has 8 heteroatoms. The van der Waals surface area contributed by atoms with Gasteiger partial charge < -0.3 is 15.4 Å². The third-order valence-corrected chi connectivity index (χ3v) is 4.76. The van der Waals surface area contributed by atoms with Crippen LogP contribution in [0.25, 0.3) is 0 Å². The van der Waals surface area contributed by atoms with Gasteiger partial charge in [0.05, 0.1) is 12.2 Å². The number of pyridine rings is 1. The van der Waals surface area contributed by atoms with Gasteiger partial charge in [-0.2, -0.15) is 5.10 Å². The lowest BCUT2D eigenvalue weighted by Gasteiger charge is -2.13. The van der Waals surface area contributed by atoms with Crippen LogP contribution in [0, 0.1) is 13.8 Å². The summed E-state index contributed by atoms with van der Waals surface area (Å²) in [5.41, 5.74) is 4.32. The van der Waals surface area contributed by atoms with Gasteiger partial charge in [-0.05, 0) is 44.9 Å².